The summed E-state index contributed by atoms with van der Waals surface area (Å²) in [5, 5.41) is 0. The Morgan fingerprint density at radius 3 is 2.12 bits per heavy atom. The molecule has 0 fully saturated rings. The smallest absolute Gasteiger partial charge is 0.465 e. The molecule has 0 bridgehead atoms. The van der Waals surface area contributed by atoms with Gasteiger partial charge in [0, 0.05) is 5.56 Å². The normalized spacial score (nSPS) is 10.8. The van der Waals surface area contributed by atoms with Crippen molar-refractivity contribution < 1.29 is 23.8 Å². The first-order valence-corrected chi connectivity index (χ1v) is 7.49. The second-order valence-corrected chi connectivity index (χ2v) is 6.19. The number of benzene rings is 2. The van der Waals surface area contributed by atoms with Crippen molar-refractivity contribution in [2.75, 3.05) is 7.11 Å². The zero-order valence-corrected chi connectivity index (χ0v) is 14.2. The van der Waals surface area contributed by atoms with Crippen LogP contribution in [0.4, 0.5) is 4.79 Å². The Bertz CT molecular complexity index is 729. The van der Waals surface area contributed by atoms with Gasteiger partial charge in [-0.1, -0.05) is 45.0 Å². The highest BCUT2D eigenvalue weighted by atomic mass is 16.7. The number of para-hydroxylation sites is 1. The zero-order chi connectivity index (χ0) is 17.7. The summed E-state index contributed by atoms with van der Waals surface area (Å²) in [7, 11) is 1.31. The van der Waals surface area contributed by atoms with Crippen LogP contribution in [0.1, 0.15) is 36.7 Å². The molecule has 0 aliphatic rings. The number of esters is 1. The van der Waals surface area contributed by atoms with Gasteiger partial charge in [0.05, 0.1) is 12.7 Å². The highest BCUT2D eigenvalue weighted by molar-refractivity contribution is 5.92. The minimum atomic E-state index is -0.867. The molecule has 5 heteroatoms. The van der Waals surface area contributed by atoms with Crippen molar-refractivity contribution in [1.82, 2.24) is 0 Å². The van der Waals surface area contributed by atoms with E-state index in [1.54, 1.807) is 42.5 Å². The van der Waals surface area contributed by atoms with E-state index < -0.39 is 17.5 Å². The third-order valence-electron chi connectivity index (χ3n) is 3.32. The van der Waals surface area contributed by atoms with E-state index in [-0.39, 0.29) is 5.75 Å². The van der Waals surface area contributed by atoms with Crippen LogP contribution >= 0.6 is 0 Å². The van der Waals surface area contributed by atoms with E-state index in [1.807, 2.05) is 26.8 Å². The maximum absolute atomic E-state index is 12.1. The maximum Gasteiger partial charge on any atom is 0.519 e. The molecule has 2 aromatic carbocycles. The SMILES string of the molecule is COC(=O)c1cccc(OC(=O)Oc2ccccc2)c1C(C)(C)C. The van der Waals surface area contributed by atoms with Gasteiger partial charge in [0.1, 0.15) is 11.5 Å². The van der Waals surface area contributed by atoms with Gasteiger partial charge < -0.3 is 14.2 Å². The molecule has 0 amide bonds. The van der Waals surface area contributed by atoms with Gasteiger partial charge in [-0.15, -0.1) is 0 Å². The summed E-state index contributed by atoms with van der Waals surface area (Å²) in [4.78, 5) is 24.1. The van der Waals surface area contributed by atoms with Gasteiger partial charge in [-0.25, -0.2) is 9.59 Å². The fourth-order valence-corrected chi connectivity index (χ4v) is 2.37. The van der Waals surface area contributed by atoms with Crippen LogP contribution in [0, 0.1) is 0 Å². The highest BCUT2D eigenvalue weighted by Crippen LogP contribution is 2.35. The van der Waals surface area contributed by atoms with Crippen LogP contribution in [0.15, 0.2) is 48.5 Å². The summed E-state index contributed by atoms with van der Waals surface area (Å²) in [6, 6.07) is 13.5. The van der Waals surface area contributed by atoms with E-state index in [2.05, 4.69) is 0 Å². The standard InChI is InChI=1S/C19H20O5/c1-19(2,3)16-14(17(20)22-4)11-8-12-15(16)24-18(21)23-13-9-6-5-7-10-13/h5-12H,1-4H3. The number of hydrogen-bond acceptors (Lipinski definition) is 5. The van der Waals surface area contributed by atoms with Crippen molar-refractivity contribution in [2.45, 2.75) is 26.2 Å². The van der Waals surface area contributed by atoms with E-state index >= 15 is 0 Å². The maximum atomic E-state index is 12.1. The summed E-state index contributed by atoms with van der Waals surface area (Å²) in [6.07, 6.45) is -0.867. The van der Waals surface area contributed by atoms with Crippen LogP contribution in [0.3, 0.4) is 0 Å². The van der Waals surface area contributed by atoms with Gasteiger partial charge >= 0.3 is 12.1 Å². The van der Waals surface area contributed by atoms with Gasteiger partial charge in [-0.3, -0.25) is 0 Å². The topological polar surface area (TPSA) is 61.8 Å². The number of ether oxygens (including phenoxy) is 3. The summed E-state index contributed by atoms with van der Waals surface area (Å²) in [5.41, 5.74) is 0.504. The van der Waals surface area contributed by atoms with Gasteiger partial charge in [-0.05, 0) is 29.7 Å². The van der Waals surface area contributed by atoms with Crippen LogP contribution in [-0.4, -0.2) is 19.2 Å². The highest BCUT2D eigenvalue weighted by Gasteiger charge is 2.27. The monoisotopic (exact) mass is 328 g/mol. The van der Waals surface area contributed by atoms with Crippen LogP contribution < -0.4 is 9.47 Å². The van der Waals surface area contributed by atoms with Crippen molar-refractivity contribution >= 4 is 12.1 Å². The van der Waals surface area contributed by atoms with E-state index in [1.165, 1.54) is 7.11 Å². The van der Waals surface area contributed by atoms with E-state index in [0.29, 0.717) is 16.9 Å². The second-order valence-electron chi connectivity index (χ2n) is 6.19. The number of methoxy groups -OCH3 is 1. The van der Waals surface area contributed by atoms with Gasteiger partial charge in [0.2, 0.25) is 0 Å². The van der Waals surface area contributed by atoms with Crippen molar-refractivity contribution in [1.29, 1.82) is 0 Å². The number of hydrogen-bond donors (Lipinski definition) is 0. The van der Waals surface area contributed by atoms with Crippen molar-refractivity contribution in [3.8, 4) is 11.5 Å². The minimum absolute atomic E-state index is 0.270. The first-order chi connectivity index (χ1) is 11.3. The minimum Gasteiger partial charge on any atom is -0.465 e. The molecule has 0 atom stereocenters. The predicted octanol–water partition coefficient (Wildman–Crippen LogP) is 4.35. The van der Waals surface area contributed by atoms with Crippen LogP contribution in [0.2, 0.25) is 0 Å². The molecular formula is C19H20O5. The number of carbonyl (C=O) groups excluding carboxylic acids is 2. The van der Waals surface area contributed by atoms with Crippen LogP contribution in [0.5, 0.6) is 11.5 Å². The number of rotatable bonds is 3. The molecule has 5 nitrogen and oxygen atoms in total. The summed E-state index contributed by atoms with van der Waals surface area (Å²) in [6.45, 7) is 5.76. The van der Waals surface area contributed by atoms with Crippen molar-refractivity contribution in [2.24, 2.45) is 0 Å². The lowest BCUT2D eigenvalue weighted by atomic mass is 9.83. The molecule has 2 rings (SSSR count). The first kappa shape index (κ1) is 17.5. The zero-order valence-electron chi connectivity index (χ0n) is 14.2. The molecular weight excluding hydrogens is 308 g/mol. The lowest BCUT2D eigenvalue weighted by Crippen LogP contribution is -2.22. The molecule has 0 saturated carbocycles. The third-order valence-corrected chi connectivity index (χ3v) is 3.32. The fraction of sp³-hybridized carbons (Fsp3) is 0.263. The Hall–Kier alpha value is -2.82. The van der Waals surface area contributed by atoms with Crippen LogP contribution in [-0.2, 0) is 10.2 Å². The molecule has 0 saturated heterocycles. The second kappa shape index (κ2) is 7.17. The quantitative estimate of drug-likeness (QED) is 0.619. The Kier molecular flexibility index (Phi) is 5.24. The summed E-state index contributed by atoms with van der Waals surface area (Å²) < 4.78 is 15.3. The Labute approximate surface area is 141 Å². The van der Waals surface area contributed by atoms with Crippen LogP contribution in [0.25, 0.3) is 0 Å². The Morgan fingerprint density at radius 1 is 0.875 bits per heavy atom. The average Bonchev–Trinajstić information content (AvgIpc) is 2.53. The molecule has 0 aromatic heterocycles. The molecule has 0 unspecified atom stereocenters. The average molecular weight is 328 g/mol. The van der Waals surface area contributed by atoms with Gasteiger partial charge in [0.25, 0.3) is 0 Å². The van der Waals surface area contributed by atoms with Crippen molar-refractivity contribution in [3.63, 3.8) is 0 Å². The molecule has 0 heterocycles. The van der Waals surface area contributed by atoms with E-state index in [9.17, 15) is 9.59 Å². The predicted molar refractivity (Wildman–Crippen MR) is 89.6 cm³/mol. The lowest BCUT2D eigenvalue weighted by Gasteiger charge is -2.24. The summed E-state index contributed by atoms with van der Waals surface area (Å²) >= 11 is 0. The molecule has 2 aromatic rings. The Morgan fingerprint density at radius 2 is 1.54 bits per heavy atom. The summed E-state index contributed by atoms with van der Waals surface area (Å²) in [5.74, 6) is 0.164. The number of carbonyl (C=O) groups is 2. The molecule has 126 valence electrons. The fourth-order valence-electron chi connectivity index (χ4n) is 2.37. The molecule has 0 aliphatic carbocycles. The van der Waals surface area contributed by atoms with Crippen molar-refractivity contribution in [3.05, 3.63) is 59.7 Å². The first-order valence-electron chi connectivity index (χ1n) is 7.49. The molecule has 0 aliphatic heterocycles. The Balaban J connectivity index is 2.33. The van der Waals surface area contributed by atoms with E-state index in [4.69, 9.17) is 14.2 Å². The third kappa shape index (κ3) is 4.13. The molecule has 0 spiro atoms. The largest absolute Gasteiger partial charge is 0.519 e. The molecule has 24 heavy (non-hydrogen) atoms. The lowest BCUT2D eigenvalue weighted by molar-refractivity contribution is 0.0596. The van der Waals surface area contributed by atoms with Gasteiger partial charge in [-0.2, -0.15) is 0 Å². The van der Waals surface area contributed by atoms with E-state index in [0.717, 1.165) is 0 Å². The van der Waals surface area contributed by atoms with Gasteiger partial charge in [0.15, 0.2) is 0 Å². The molecule has 0 N–H and O–H groups in total. The molecule has 0 radical (unpaired) electrons.